The molecule has 3 aromatic carbocycles. The number of alkyl carbamates (subject to hydrolysis) is 1. The number of amides is 3. The Hall–Kier alpha value is -3.91. The number of nitrogens with zero attached hydrogens (tertiary/aromatic N) is 1. The number of anilines is 1. The maximum Gasteiger partial charge on any atom is 0.408 e. The molecular weight excluding hydrogens is 494 g/mol. The summed E-state index contributed by atoms with van der Waals surface area (Å²) < 4.78 is 5.38. The number of carbonyl (C=O) groups excluding carboxylic acids is 3. The number of nitrogens with one attached hydrogen (secondary N) is 2. The van der Waals surface area contributed by atoms with Crippen LogP contribution < -0.4 is 10.6 Å². The molecule has 208 valence electrons. The van der Waals surface area contributed by atoms with E-state index in [1.807, 2.05) is 67.6 Å². The first-order valence-electron chi connectivity index (χ1n) is 13.2. The zero-order valence-corrected chi connectivity index (χ0v) is 23.5. The van der Waals surface area contributed by atoms with Crippen molar-refractivity contribution in [2.24, 2.45) is 5.92 Å². The predicted octanol–water partition coefficient (Wildman–Crippen LogP) is 5.20. The van der Waals surface area contributed by atoms with E-state index in [4.69, 9.17) is 4.74 Å². The van der Waals surface area contributed by atoms with E-state index in [1.165, 1.54) is 4.90 Å². The second-order valence-corrected chi connectivity index (χ2v) is 11.0. The van der Waals surface area contributed by atoms with Crippen molar-refractivity contribution in [3.05, 3.63) is 77.9 Å². The lowest BCUT2D eigenvalue weighted by Gasteiger charge is -2.35. The van der Waals surface area contributed by atoms with Gasteiger partial charge in [0.15, 0.2) is 0 Å². The van der Waals surface area contributed by atoms with Gasteiger partial charge in [0.05, 0.1) is 6.61 Å². The average Bonchev–Trinajstić information content (AvgIpc) is 2.85. The highest BCUT2D eigenvalue weighted by Crippen LogP contribution is 2.27. The van der Waals surface area contributed by atoms with E-state index in [1.54, 1.807) is 40.7 Å². The molecule has 0 bridgehead atoms. The molecule has 0 heterocycles. The van der Waals surface area contributed by atoms with Crippen molar-refractivity contribution in [1.82, 2.24) is 10.2 Å². The molecule has 0 aliphatic heterocycles. The molecule has 8 heteroatoms. The van der Waals surface area contributed by atoms with Crippen molar-refractivity contribution < 1.29 is 24.2 Å². The van der Waals surface area contributed by atoms with Gasteiger partial charge >= 0.3 is 6.09 Å². The number of hydrogen-bond acceptors (Lipinski definition) is 5. The van der Waals surface area contributed by atoms with Gasteiger partial charge in [-0.25, -0.2) is 4.79 Å². The van der Waals surface area contributed by atoms with Gasteiger partial charge in [0.1, 0.15) is 17.7 Å². The van der Waals surface area contributed by atoms with Gasteiger partial charge < -0.3 is 25.4 Å². The minimum atomic E-state index is -1.06. The van der Waals surface area contributed by atoms with Gasteiger partial charge in [-0.15, -0.1) is 0 Å². The summed E-state index contributed by atoms with van der Waals surface area (Å²) in [5.74, 6) is -1.24. The molecule has 2 unspecified atom stereocenters. The summed E-state index contributed by atoms with van der Waals surface area (Å²) >= 11 is 0. The summed E-state index contributed by atoms with van der Waals surface area (Å²) in [7, 11) is 0. The molecule has 0 spiro atoms. The Morgan fingerprint density at radius 3 is 2.26 bits per heavy atom. The van der Waals surface area contributed by atoms with Crippen LogP contribution in [0.15, 0.2) is 66.7 Å². The highest BCUT2D eigenvalue weighted by molar-refractivity contribution is 6.00. The van der Waals surface area contributed by atoms with E-state index < -0.39 is 35.6 Å². The van der Waals surface area contributed by atoms with Crippen molar-refractivity contribution in [3.63, 3.8) is 0 Å². The lowest BCUT2D eigenvalue weighted by atomic mass is 9.98. The molecule has 0 aromatic heterocycles. The summed E-state index contributed by atoms with van der Waals surface area (Å²) in [6.07, 6.45) is -0.730. The Kier molecular flexibility index (Phi) is 9.70. The highest BCUT2D eigenvalue weighted by Gasteiger charge is 2.37. The predicted molar refractivity (Wildman–Crippen MR) is 153 cm³/mol. The first kappa shape index (κ1) is 29.6. The minimum absolute atomic E-state index is 0.109. The molecule has 8 nitrogen and oxygen atoms in total. The van der Waals surface area contributed by atoms with Crippen LogP contribution in [0, 0.1) is 12.8 Å². The zero-order chi connectivity index (χ0) is 28.7. The van der Waals surface area contributed by atoms with Crippen molar-refractivity contribution in [1.29, 1.82) is 0 Å². The fourth-order valence-corrected chi connectivity index (χ4v) is 4.39. The number of aliphatic hydroxyl groups is 1. The normalized spacial score (nSPS) is 13.0. The Balaban J connectivity index is 1.99. The molecule has 3 rings (SSSR count). The third kappa shape index (κ3) is 8.04. The average molecular weight is 534 g/mol. The molecule has 0 aliphatic carbocycles. The number of fused-ring (bicyclic) bond motifs is 1. The van der Waals surface area contributed by atoms with Crippen LogP contribution in [0.5, 0.6) is 0 Å². The van der Waals surface area contributed by atoms with E-state index in [0.717, 1.165) is 16.3 Å². The molecule has 3 amide bonds. The van der Waals surface area contributed by atoms with Crippen LogP contribution in [-0.4, -0.2) is 52.7 Å². The Bertz CT molecular complexity index is 1310. The monoisotopic (exact) mass is 533 g/mol. The molecule has 0 radical (unpaired) electrons. The van der Waals surface area contributed by atoms with E-state index >= 15 is 0 Å². The summed E-state index contributed by atoms with van der Waals surface area (Å²) in [4.78, 5) is 41.8. The van der Waals surface area contributed by atoms with Gasteiger partial charge in [-0.3, -0.25) is 9.59 Å². The van der Waals surface area contributed by atoms with Crippen LogP contribution in [-0.2, 0) is 14.3 Å². The highest BCUT2D eigenvalue weighted by atomic mass is 16.6. The van der Waals surface area contributed by atoms with Crippen molar-refractivity contribution in [2.45, 2.75) is 59.2 Å². The number of rotatable bonds is 9. The van der Waals surface area contributed by atoms with Crippen LogP contribution in [0.25, 0.3) is 10.8 Å². The molecular formula is C31H39N3O5. The van der Waals surface area contributed by atoms with Gasteiger partial charge in [0.25, 0.3) is 5.91 Å². The lowest BCUT2D eigenvalue weighted by molar-refractivity contribution is -0.142. The Labute approximate surface area is 230 Å². The van der Waals surface area contributed by atoms with Crippen LogP contribution >= 0.6 is 0 Å². The summed E-state index contributed by atoms with van der Waals surface area (Å²) in [5.41, 5.74) is 1.35. The molecule has 2 atom stereocenters. The fraction of sp³-hybridized carbons (Fsp3) is 0.387. The summed E-state index contributed by atoms with van der Waals surface area (Å²) in [6, 6.07) is 18.7. The summed E-state index contributed by atoms with van der Waals surface area (Å²) in [6.45, 7) is 10.2. The van der Waals surface area contributed by atoms with Crippen LogP contribution in [0.3, 0.4) is 0 Å². The maximum atomic E-state index is 14.0. The topological polar surface area (TPSA) is 108 Å². The molecule has 0 aliphatic rings. The molecule has 3 aromatic rings. The van der Waals surface area contributed by atoms with E-state index in [9.17, 15) is 19.5 Å². The van der Waals surface area contributed by atoms with Crippen LogP contribution in [0.1, 0.15) is 51.8 Å². The maximum absolute atomic E-state index is 14.0. The molecule has 3 N–H and O–H groups in total. The number of aryl methyl sites for hydroxylation is 1. The molecule has 0 saturated carbocycles. The summed E-state index contributed by atoms with van der Waals surface area (Å²) in [5, 5.41) is 17.6. The number of ether oxygens (including phenoxy) is 1. The Morgan fingerprint density at radius 1 is 0.949 bits per heavy atom. The minimum Gasteiger partial charge on any atom is -0.444 e. The third-order valence-corrected chi connectivity index (χ3v) is 6.16. The second kappa shape index (κ2) is 12.8. The van der Waals surface area contributed by atoms with E-state index in [0.29, 0.717) is 11.3 Å². The number of hydrogen-bond donors (Lipinski definition) is 3. The molecule has 0 saturated heterocycles. The van der Waals surface area contributed by atoms with Gasteiger partial charge in [0, 0.05) is 12.2 Å². The SMILES string of the molecule is Cc1cccc(C(C(=O)Nc2ccc3ccccc3c2)N(CCO)C(=O)C(NC(=O)OC(C)(C)C)C(C)C)c1. The Morgan fingerprint density at radius 2 is 1.64 bits per heavy atom. The van der Waals surface area contributed by atoms with E-state index in [2.05, 4.69) is 10.6 Å². The van der Waals surface area contributed by atoms with Gasteiger partial charge in [-0.1, -0.05) is 74.0 Å². The lowest BCUT2D eigenvalue weighted by Crippen LogP contribution is -2.55. The largest absolute Gasteiger partial charge is 0.444 e. The standard InChI is InChI=1S/C31H39N3O5/c1-20(2)26(33-30(38)39-31(4,5)6)29(37)34(16-17-35)27(24-13-9-10-21(3)18-24)28(36)32-25-15-14-22-11-7-8-12-23(22)19-25/h7-15,18-20,26-27,35H,16-17H2,1-6H3,(H,32,36)(H,33,38). The first-order valence-corrected chi connectivity index (χ1v) is 13.2. The molecule has 39 heavy (non-hydrogen) atoms. The van der Waals surface area contributed by atoms with Crippen LogP contribution in [0.4, 0.5) is 10.5 Å². The number of aliphatic hydroxyl groups excluding tert-OH is 1. The quantitative estimate of drug-likeness (QED) is 0.351. The number of carbonyl (C=O) groups is 3. The molecule has 0 fully saturated rings. The zero-order valence-electron chi connectivity index (χ0n) is 23.5. The fourth-order valence-electron chi connectivity index (χ4n) is 4.39. The smallest absolute Gasteiger partial charge is 0.408 e. The van der Waals surface area contributed by atoms with Gasteiger partial charge in [-0.2, -0.15) is 0 Å². The van der Waals surface area contributed by atoms with E-state index in [-0.39, 0.29) is 19.1 Å². The van der Waals surface area contributed by atoms with Gasteiger partial charge in [-0.05, 0) is 62.1 Å². The van der Waals surface area contributed by atoms with Crippen molar-refractivity contribution in [3.8, 4) is 0 Å². The third-order valence-electron chi connectivity index (χ3n) is 6.16. The number of benzene rings is 3. The second-order valence-electron chi connectivity index (χ2n) is 11.0. The van der Waals surface area contributed by atoms with Crippen molar-refractivity contribution >= 4 is 34.4 Å². The van der Waals surface area contributed by atoms with Crippen molar-refractivity contribution in [2.75, 3.05) is 18.5 Å². The van der Waals surface area contributed by atoms with Gasteiger partial charge in [0.2, 0.25) is 5.91 Å². The first-order chi connectivity index (χ1) is 18.4. The van der Waals surface area contributed by atoms with Crippen LogP contribution in [0.2, 0.25) is 0 Å².